The fourth-order valence-electron chi connectivity index (χ4n) is 11.2. The van der Waals surface area contributed by atoms with Crippen LogP contribution in [0.3, 0.4) is 0 Å². The molecule has 0 aromatic heterocycles. The van der Waals surface area contributed by atoms with Gasteiger partial charge in [0.1, 0.15) is 11.5 Å². The van der Waals surface area contributed by atoms with E-state index in [1.54, 1.807) is 0 Å². The Balaban J connectivity index is 1.51. The van der Waals surface area contributed by atoms with Crippen LogP contribution in [0.25, 0.3) is 0 Å². The molecule has 0 aromatic rings. The first-order chi connectivity index (χ1) is 16.8. The topological polar surface area (TPSA) is 87.1 Å². The summed E-state index contributed by atoms with van der Waals surface area (Å²) in [5.41, 5.74) is -1.68. The lowest BCUT2D eigenvalue weighted by Crippen LogP contribution is -2.75. The highest BCUT2D eigenvalue weighted by molar-refractivity contribution is 6.11. The lowest BCUT2D eigenvalue weighted by atomic mass is 9.34. The van der Waals surface area contributed by atoms with Crippen LogP contribution in [-0.4, -0.2) is 65.2 Å². The van der Waals surface area contributed by atoms with Crippen molar-refractivity contribution < 1.29 is 24.5 Å². The van der Waals surface area contributed by atoms with E-state index in [-0.39, 0.29) is 65.0 Å². The number of hydrogen-bond acceptors (Lipinski definition) is 5. The number of hydrogen-bond donors (Lipinski definition) is 2. The van der Waals surface area contributed by atoms with E-state index < -0.39 is 22.9 Å². The van der Waals surface area contributed by atoms with Gasteiger partial charge in [0, 0.05) is 24.4 Å². The second-order valence-electron chi connectivity index (χ2n) is 14.6. The quantitative estimate of drug-likeness (QED) is 0.560. The maximum absolute atomic E-state index is 14.3. The van der Waals surface area contributed by atoms with Crippen LogP contribution >= 0.6 is 0 Å². The van der Waals surface area contributed by atoms with Crippen molar-refractivity contribution in [1.29, 1.82) is 0 Å². The zero-order valence-corrected chi connectivity index (χ0v) is 22.7. The molecule has 13 atom stereocenters. The van der Waals surface area contributed by atoms with Crippen molar-refractivity contribution in [3.8, 4) is 0 Å². The van der Waals surface area contributed by atoms with Crippen molar-refractivity contribution >= 4 is 19.6 Å². The van der Waals surface area contributed by atoms with Gasteiger partial charge < -0.3 is 14.9 Å². The predicted octanol–water partition coefficient (Wildman–Crippen LogP) is 4.05. The van der Waals surface area contributed by atoms with E-state index in [0.717, 1.165) is 45.1 Å². The summed E-state index contributed by atoms with van der Waals surface area (Å²) in [6.07, 6.45) is 5.70. The number of nitrogens with zero attached hydrogens (tertiary/aromatic N) is 1. The third-order valence-electron chi connectivity index (χ3n) is 12.7. The number of ether oxygens (including phenoxy) is 1. The van der Waals surface area contributed by atoms with Crippen molar-refractivity contribution in [2.24, 2.45) is 45.8 Å². The van der Waals surface area contributed by atoms with Crippen molar-refractivity contribution in [3.05, 3.63) is 0 Å². The number of carbonyl (C=O) groups is 2. The van der Waals surface area contributed by atoms with Crippen LogP contribution < -0.4 is 0 Å². The number of aliphatic carboxylic acids is 1. The summed E-state index contributed by atoms with van der Waals surface area (Å²) in [6.45, 7) is 11.8. The van der Waals surface area contributed by atoms with Gasteiger partial charge in [-0.05, 0) is 72.5 Å². The van der Waals surface area contributed by atoms with Gasteiger partial charge in [0.05, 0.1) is 26.5 Å². The molecule has 2 bridgehead atoms. The smallest absolute Gasteiger partial charge is 0.303 e. The second-order valence-corrected chi connectivity index (χ2v) is 14.6. The number of carbonyl (C=O) groups excluding carboxylic acids is 1. The molecule has 0 amide bonds. The number of carboxylic acids is 1. The largest absolute Gasteiger partial charge is 0.481 e. The Morgan fingerprint density at radius 2 is 1.86 bits per heavy atom. The minimum absolute atomic E-state index is 0.00770. The number of aliphatic hydroxyl groups excluding tert-OH is 1. The van der Waals surface area contributed by atoms with E-state index in [0.29, 0.717) is 12.3 Å². The van der Waals surface area contributed by atoms with Crippen molar-refractivity contribution in [2.45, 2.75) is 116 Å². The first kappa shape index (κ1) is 25.4. The van der Waals surface area contributed by atoms with Crippen molar-refractivity contribution in [3.63, 3.8) is 0 Å². The highest BCUT2D eigenvalue weighted by Gasteiger charge is 2.74. The number of carboxylic acid groups (broad SMARTS) is 1. The summed E-state index contributed by atoms with van der Waals surface area (Å²) in [5, 5.41) is 21.4. The highest BCUT2D eigenvalue weighted by atomic mass is 16.5. The van der Waals surface area contributed by atoms with E-state index in [9.17, 15) is 19.8 Å². The predicted molar refractivity (Wildman–Crippen MR) is 136 cm³/mol. The lowest BCUT2D eigenvalue weighted by Gasteiger charge is -2.72. The van der Waals surface area contributed by atoms with Crippen LogP contribution in [0.4, 0.5) is 0 Å². The third-order valence-corrected chi connectivity index (χ3v) is 12.7. The average molecular weight is 497 g/mol. The Labute approximate surface area is 217 Å². The molecule has 6 nitrogen and oxygen atoms in total. The molecule has 3 aliphatic heterocycles. The zero-order valence-electron chi connectivity index (χ0n) is 22.7. The summed E-state index contributed by atoms with van der Waals surface area (Å²) in [4.78, 5) is 29.5. The second kappa shape index (κ2) is 7.82. The monoisotopic (exact) mass is 497 g/mol. The molecule has 36 heavy (non-hydrogen) atoms. The fourth-order valence-corrected chi connectivity index (χ4v) is 11.2. The molecule has 3 heterocycles. The summed E-state index contributed by atoms with van der Waals surface area (Å²) >= 11 is 0. The molecule has 2 radical (unpaired) electrons. The van der Waals surface area contributed by atoms with Crippen LogP contribution in [0.15, 0.2) is 0 Å². The molecule has 6 fully saturated rings. The minimum Gasteiger partial charge on any atom is -0.481 e. The number of fused-ring (bicyclic) bond motifs is 6. The van der Waals surface area contributed by atoms with Gasteiger partial charge >= 0.3 is 5.97 Å². The van der Waals surface area contributed by atoms with E-state index in [1.807, 2.05) is 6.92 Å². The van der Waals surface area contributed by atoms with Gasteiger partial charge in [-0.25, -0.2) is 0 Å². The van der Waals surface area contributed by atoms with Gasteiger partial charge in [-0.3, -0.25) is 14.5 Å². The van der Waals surface area contributed by atoms with Gasteiger partial charge in [0.25, 0.3) is 0 Å². The number of Topliss-reactive ketones (excluding diaryl/α,β-unsaturated/α-hetero) is 1. The van der Waals surface area contributed by atoms with E-state index in [4.69, 9.17) is 12.6 Å². The Morgan fingerprint density at radius 1 is 1.14 bits per heavy atom. The van der Waals surface area contributed by atoms with Gasteiger partial charge in [-0.1, -0.05) is 46.9 Å². The molecular formula is C29H44BNO5. The molecule has 0 aromatic carbocycles. The number of aliphatic hydroxyl groups is 1. The van der Waals surface area contributed by atoms with Gasteiger partial charge in [-0.2, -0.15) is 0 Å². The standard InChI is InChI=1S/C29H44BNO5/c1-15-8-18-14-31-21-12-26(3)19-9-17(30)10-20(32)23(19)16(2)24(35)25(26)28(5,13-22(33)34)27(21,4)6-7-29(31,11-15)36-18/h15-21,23,25,32H,6-14H2,1-5H3,(H,33,34). The summed E-state index contributed by atoms with van der Waals surface area (Å²) in [5.74, 6) is -0.776. The van der Waals surface area contributed by atoms with Gasteiger partial charge in [0.2, 0.25) is 0 Å². The first-order valence-corrected chi connectivity index (χ1v) is 14.4. The zero-order chi connectivity index (χ0) is 26.0. The molecular weight excluding hydrogens is 453 g/mol. The average Bonchev–Trinajstić information content (AvgIpc) is 3.03. The number of piperidine rings is 1. The van der Waals surface area contributed by atoms with Crippen molar-refractivity contribution in [1.82, 2.24) is 4.90 Å². The molecule has 1 spiro atoms. The molecule has 2 N–H and O–H groups in total. The van der Waals surface area contributed by atoms with Crippen LogP contribution in [0, 0.1) is 45.8 Å². The Morgan fingerprint density at radius 3 is 2.56 bits per heavy atom. The molecule has 3 saturated carbocycles. The normalized spacial score (nSPS) is 58.4. The Bertz CT molecular complexity index is 975. The summed E-state index contributed by atoms with van der Waals surface area (Å²) in [7, 11) is 6.50. The minimum atomic E-state index is -0.824. The molecule has 7 heteroatoms. The first-order valence-electron chi connectivity index (χ1n) is 14.4. The third kappa shape index (κ3) is 3.08. The highest BCUT2D eigenvalue weighted by Crippen LogP contribution is 2.73. The fraction of sp³-hybridized carbons (Fsp3) is 0.931. The molecule has 198 valence electrons. The lowest BCUT2D eigenvalue weighted by molar-refractivity contribution is -0.268. The van der Waals surface area contributed by atoms with Crippen molar-refractivity contribution in [2.75, 3.05) is 6.54 Å². The van der Waals surface area contributed by atoms with E-state index in [2.05, 4.69) is 32.6 Å². The molecule has 13 unspecified atom stereocenters. The number of ketones is 1. The SMILES string of the molecule is [B]C1CC(O)C2C(C)C(=O)C3C(C)(CC4N5CC6CC(C)CC5(CCC4(C)C3(C)CC(=O)O)O6)C2C1. The molecule has 3 saturated heterocycles. The maximum atomic E-state index is 14.3. The van der Waals surface area contributed by atoms with E-state index >= 15 is 0 Å². The Kier molecular flexibility index (Phi) is 5.51. The number of rotatable bonds is 2. The van der Waals surface area contributed by atoms with Crippen LogP contribution in [-0.2, 0) is 14.3 Å². The van der Waals surface area contributed by atoms with Gasteiger partial charge in [0.15, 0.2) is 0 Å². The Hall–Kier alpha value is -0.915. The van der Waals surface area contributed by atoms with Crippen LogP contribution in [0.5, 0.6) is 0 Å². The summed E-state index contributed by atoms with van der Waals surface area (Å²) < 4.78 is 6.73. The van der Waals surface area contributed by atoms with Crippen LogP contribution in [0.1, 0.15) is 86.0 Å². The van der Waals surface area contributed by atoms with E-state index in [1.165, 1.54) is 0 Å². The summed E-state index contributed by atoms with van der Waals surface area (Å²) in [6, 6.07) is 0.143. The molecule has 3 aliphatic carbocycles. The maximum Gasteiger partial charge on any atom is 0.303 e. The van der Waals surface area contributed by atoms with Gasteiger partial charge in [-0.15, -0.1) is 0 Å². The van der Waals surface area contributed by atoms with Crippen LogP contribution in [0.2, 0.25) is 5.82 Å². The molecule has 6 rings (SSSR count). The molecule has 6 aliphatic rings.